The van der Waals surface area contributed by atoms with Gasteiger partial charge < -0.3 is 11.1 Å². The Bertz CT molecular complexity index is 206. The molecule has 0 saturated heterocycles. The van der Waals surface area contributed by atoms with Crippen LogP contribution in [0.1, 0.15) is 19.3 Å². The van der Waals surface area contributed by atoms with Crippen molar-refractivity contribution >= 4 is 12.0 Å². The summed E-state index contributed by atoms with van der Waals surface area (Å²) in [7, 11) is 0. The van der Waals surface area contributed by atoms with Gasteiger partial charge in [-0.05, 0) is 12.8 Å². The zero-order valence-electron chi connectivity index (χ0n) is 5.68. The molecule has 0 bridgehead atoms. The monoisotopic (exact) mass is 138 g/mol. The molecule has 10 heavy (non-hydrogen) atoms. The number of nitrogens with two attached hydrogens (primary N) is 1. The molecule has 3 N–H and O–H groups in total. The predicted molar refractivity (Wildman–Crippen MR) is 38.9 cm³/mol. The Kier molecular flexibility index (Phi) is 1.85. The summed E-state index contributed by atoms with van der Waals surface area (Å²) in [6, 6.07) is 0. The fourth-order valence-electron chi connectivity index (χ4n) is 1.06. The third kappa shape index (κ3) is 1.07. The number of ketones is 1. The van der Waals surface area contributed by atoms with Gasteiger partial charge in [-0.25, -0.2) is 0 Å². The minimum absolute atomic E-state index is 0.0127. The first-order valence-corrected chi connectivity index (χ1v) is 3.28. The van der Waals surface area contributed by atoms with Crippen LogP contribution in [0, 0.1) is 5.41 Å². The van der Waals surface area contributed by atoms with Crippen molar-refractivity contribution < 1.29 is 4.79 Å². The van der Waals surface area contributed by atoms with Gasteiger partial charge in [-0.2, -0.15) is 0 Å². The summed E-state index contributed by atoms with van der Waals surface area (Å²) in [4.78, 5) is 10.9. The fourth-order valence-corrected chi connectivity index (χ4v) is 1.06. The number of Topliss-reactive ketones (excluding diaryl/α,β-unsaturated/α-hetero) is 1. The molecule has 0 aliphatic heterocycles. The molecule has 54 valence electrons. The summed E-state index contributed by atoms with van der Waals surface area (Å²) in [5.74, 6) is 0.0127. The lowest BCUT2D eigenvalue weighted by Crippen LogP contribution is -2.16. The number of hydrogen-bond donors (Lipinski definition) is 2. The number of hydrogen-bond acceptors (Lipinski definition) is 3. The highest BCUT2D eigenvalue weighted by Gasteiger charge is 2.15. The smallest absolute Gasteiger partial charge is 0.166 e. The molecule has 0 aromatic heterocycles. The van der Waals surface area contributed by atoms with Crippen LogP contribution in [0.15, 0.2) is 11.3 Å². The molecule has 0 fully saturated rings. The van der Waals surface area contributed by atoms with E-state index in [0.717, 1.165) is 19.1 Å². The predicted octanol–water partition coefficient (Wildman–Crippen LogP) is 0.602. The summed E-state index contributed by atoms with van der Waals surface area (Å²) in [5, 5.41) is 6.87. The van der Waals surface area contributed by atoms with Gasteiger partial charge in [-0.15, -0.1) is 0 Å². The first-order chi connectivity index (χ1) is 4.75. The van der Waals surface area contributed by atoms with E-state index in [4.69, 9.17) is 11.1 Å². The molecule has 0 unspecified atom stereocenters. The Hall–Kier alpha value is -1.12. The van der Waals surface area contributed by atoms with Crippen LogP contribution in [-0.2, 0) is 4.79 Å². The Morgan fingerprint density at radius 3 is 2.60 bits per heavy atom. The van der Waals surface area contributed by atoms with E-state index in [1.807, 2.05) is 0 Å². The topological polar surface area (TPSA) is 66.9 Å². The van der Waals surface area contributed by atoms with Gasteiger partial charge in [0.25, 0.3) is 0 Å². The van der Waals surface area contributed by atoms with E-state index in [2.05, 4.69) is 0 Å². The van der Waals surface area contributed by atoms with Crippen LogP contribution >= 0.6 is 0 Å². The third-order valence-corrected chi connectivity index (χ3v) is 1.64. The summed E-state index contributed by atoms with van der Waals surface area (Å²) in [5.41, 5.74) is 6.47. The average molecular weight is 138 g/mol. The number of carbonyl (C=O) groups excluding carboxylic acids is 1. The maximum absolute atomic E-state index is 10.9. The van der Waals surface area contributed by atoms with E-state index in [1.165, 1.54) is 0 Å². The second-order valence-electron chi connectivity index (χ2n) is 2.36. The summed E-state index contributed by atoms with van der Waals surface area (Å²) in [6.07, 6.45) is 3.20. The molecule has 3 nitrogen and oxygen atoms in total. The van der Waals surface area contributed by atoms with E-state index in [0.29, 0.717) is 17.7 Å². The van der Waals surface area contributed by atoms with Gasteiger partial charge in [0.05, 0.1) is 5.57 Å². The maximum Gasteiger partial charge on any atom is 0.166 e. The molecule has 0 spiro atoms. The van der Waals surface area contributed by atoms with Gasteiger partial charge in [-0.1, -0.05) is 0 Å². The number of carbonyl (C=O) groups is 1. The van der Waals surface area contributed by atoms with Crippen molar-refractivity contribution in [1.29, 1.82) is 5.41 Å². The number of allylic oxidation sites excluding steroid dienone is 2. The molecule has 0 amide bonds. The Morgan fingerprint density at radius 1 is 1.50 bits per heavy atom. The van der Waals surface area contributed by atoms with Crippen LogP contribution in [0.3, 0.4) is 0 Å². The number of nitrogens with one attached hydrogen (secondary N) is 1. The largest absolute Gasteiger partial charge is 0.401 e. The molecule has 0 atom stereocenters. The molecular weight excluding hydrogens is 128 g/mol. The van der Waals surface area contributed by atoms with Crippen LogP contribution in [0.4, 0.5) is 0 Å². The van der Waals surface area contributed by atoms with Crippen LogP contribution in [-0.4, -0.2) is 12.0 Å². The first kappa shape index (κ1) is 6.99. The SMILES string of the molecule is N=CC1=C(N)CCCC1=O. The lowest BCUT2D eigenvalue weighted by atomic mass is 9.96. The van der Waals surface area contributed by atoms with Crippen LogP contribution in [0.5, 0.6) is 0 Å². The molecule has 0 heterocycles. The van der Waals surface area contributed by atoms with Crippen molar-refractivity contribution in [1.82, 2.24) is 0 Å². The minimum Gasteiger partial charge on any atom is -0.401 e. The summed E-state index contributed by atoms with van der Waals surface area (Å²) in [6.45, 7) is 0. The molecule has 1 rings (SSSR count). The molecule has 1 aliphatic carbocycles. The van der Waals surface area contributed by atoms with Crippen molar-refractivity contribution in [3.63, 3.8) is 0 Å². The summed E-state index contributed by atoms with van der Waals surface area (Å²) < 4.78 is 0. The van der Waals surface area contributed by atoms with Crippen LogP contribution in [0.25, 0.3) is 0 Å². The van der Waals surface area contributed by atoms with E-state index >= 15 is 0 Å². The highest BCUT2D eigenvalue weighted by atomic mass is 16.1. The van der Waals surface area contributed by atoms with E-state index in [-0.39, 0.29) is 5.78 Å². The van der Waals surface area contributed by atoms with Gasteiger partial charge in [-0.3, -0.25) is 4.79 Å². The van der Waals surface area contributed by atoms with Crippen molar-refractivity contribution in [3.05, 3.63) is 11.3 Å². The van der Waals surface area contributed by atoms with Gasteiger partial charge >= 0.3 is 0 Å². The van der Waals surface area contributed by atoms with Crippen LogP contribution < -0.4 is 5.73 Å². The quantitative estimate of drug-likeness (QED) is 0.521. The first-order valence-electron chi connectivity index (χ1n) is 3.28. The molecule has 0 saturated carbocycles. The highest BCUT2D eigenvalue weighted by Crippen LogP contribution is 2.16. The van der Waals surface area contributed by atoms with Crippen molar-refractivity contribution in [3.8, 4) is 0 Å². The minimum atomic E-state index is 0.0127. The molecule has 0 aromatic rings. The Morgan fingerprint density at radius 2 is 2.20 bits per heavy atom. The standard InChI is InChI=1S/C7H10N2O/c8-4-5-6(9)2-1-3-7(5)10/h4,8H,1-3,9H2. The lowest BCUT2D eigenvalue weighted by Gasteiger charge is -2.11. The van der Waals surface area contributed by atoms with Crippen molar-refractivity contribution in [2.24, 2.45) is 5.73 Å². The third-order valence-electron chi connectivity index (χ3n) is 1.64. The second kappa shape index (κ2) is 2.64. The van der Waals surface area contributed by atoms with E-state index < -0.39 is 0 Å². The van der Waals surface area contributed by atoms with Crippen molar-refractivity contribution in [2.45, 2.75) is 19.3 Å². The van der Waals surface area contributed by atoms with Gasteiger partial charge in [0.2, 0.25) is 0 Å². The second-order valence-corrected chi connectivity index (χ2v) is 2.36. The summed E-state index contributed by atoms with van der Waals surface area (Å²) >= 11 is 0. The molecule has 0 radical (unpaired) electrons. The zero-order chi connectivity index (χ0) is 7.56. The average Bonchev–Trinajstić information content (AvgIpc) is 1.88. The molecule has 1 aliphatic rings. The normalized spacial score (nSPS) is 19.4. The zero-order valence-corrected chi connectivity index (χ0v) is 5.68. The van der Waals surface area contributed by atoms with E-state index in [1.54, 1.807) is 0 Å². The van der Waals surface area contributed by atoms with Gasteiger partial charge in [0.1, 0.15) is 0 Å². The lowest BCUT2D eigenvalue weighted by molar-refractivity contribution is -0.115. The number of rotatable bonds is 1. The van der Waals surface area contributed by atoms with Gasteiger partial charge in [0, 0.05) is 18.3 Å². The molecule has 3 heteroatoms. The Labute approximate surface area is 59.4 Å². The van der Waals surface area contributed by atoms with Gasteiger partial charge in [0.15, 0.2) is 5.78 Å². The molecule has 0 aromatic carbocycles. The highest BCUT2D eigenvalue weighted by molar-refractivity contribution is 6.13. The fraction of sp³-hybridized carbons (Fsp3) is 0.429. The maximum atomic E-state index is 10.9. The van der Waals surface area contributed by atoms with Crippen molar-refractivity contribution in [2.75, 3.05) is 0 Å². The Balaban J connectivity index is 2.94. The van der Waals surface area contributed by atoms with Crippen LogP contribution in [0.2, 0.25) is 0 Å². The molecular formula is C7H10N2O. The van der Waals surface area contributed by atoms with E-state index in [9.17, 15) is 4.79 Å².